The van der Waals surface area contributed by atoms with Crippen LogP contribution in [0, 0.1) is 0 Å². The Labute approximate surface area is 298 Å². The number of hydrogen-bond acceptors (Lipinski definition) is 10. The third-order valence-corrected chi connectivity index (χ3v) is 11.5. The Bertz CT molecular complexity index is 1920. The predicted molar refractivity (Wildman–Crippen MR) is 195 cm³/mol. The Morgan fingerprint density at radius 3 is 2.47 bits per heavy atom. The zero-order valence-corrected chi connectivity index (χ0v) is 28.8. The highest BCUT2D eigenvalue weighted by Crippen LogP contribution is 2.45. The minimum atomic E-state index is -0.347. The first-order chi connectivity index (χ1) is 24.9. The van der Waals surface area contributed by atoms with Gasteiger partial charge in [-0.3, -0.25) is 19.9 Å². The number of piperidine rings is 1. The van der Waals surface area contributed by atoms with Crippen molar-refractivity contribution in [2.75, 3.05) is 36.9 Å². The van der Waals surface area contributed by atoms with Crippen molar-refractivity contribution in [1.82, 2.24) is 25.4 Å². The molecule has 1 aliphatic carbocycles. The van der Waals surface area contributed by atoms with Gasteiger partial charge in [0.05, 0.1) is 23.6 Å². The van der Waals surface area contributed by atoms with Crippen molar-refractivity contribution >= 4 is 23.3 Å². The third-order valence-electron chi connectivity index (χ3n) is 11.5. The number of ether oxygens (including phenoxy) is 1. The number of hydrogen-bond donors (Lipinski definition) is 3. The lowest BCUT2D eigenvalue weighted by molar-refractivity contribution is -0.130. The molecule has 4 N–H and O–H groups in total. The number of para-hydroxylation sites is 2. The van der Waals surface area contributed by atoms with Gasteiger partial charge < -0.3 is 25.4 Å². The van der Waals surface area contributed by atoms with E-state index in [9.17, 15) is 14.7 Å². The number of amides is 2. The average Bonchev–Trinajstić information content (AvgIpc) is 3.34. The van der Waals surface area contributed by atoms with E-state index in [1.54, 1.807) is 12.1 Å². The summed E-state index contributed by atoms with van der Waals surface area (Å²) in [6, 6.07) is 19.8. The fourth-order valence-electron chi connectivity index (χ4n) is 8.73. The molecule has 0 bridgehead atoms. The number of phenols is 1. The standard InChI is InChI=1S/C40H45N7O4/c41-39-31(24-33(44-45-39)30-5-1-2-9-36(30)48)32-23-27(15-18-42-32)25-16-19-46(20-17-25)28-13-11-26(12-14-28)29-6-3-7-34-38(29)51-22-21-47(34)35-8-4-10-37(49)43-40(35)50/h1-3,5-7,9,15,18,23-26,28,35,48H,4,8,10-14,16-17,19-22H2,(H2,41,45)(H,43,49,50)/t26?,28?,35-/m0/s1. The molecule has 5 heterocycles. The van der Waals surface area contributed by atoms with E-state index in [2.05, 4.69) is 60.6 Å². The smallest absolute Gasteiger partial charge is 0.249 e. The minimum absolute atomic E-state index is 0.145. The van der Waals surface area contributed by atoms with E-state index in [1.807, 2.05) is 24.4 Å². The van der Waals surface area contributed by atoms with Crippen LogP contribution >= 0.6 is 0 Å². The molecule has 1 saturated carbocycles. The van der Waals surface area contributed by atoms with E-state index >= 15 is 0 Å². The number of nitrogens with two attached hydrogens (primary N) is 1. The van der Waals surface area contributed by atoms with E-state index in [1.165, 1.54) is 11.1 Å². The first-order valence-corrected chi connectivity index (χ1v) is 18.4. The van der Waals surface area contributed by atoms with Crippen molar-refractivity contribution in [3.05, 3.63) is 78.0 Å². The third kappa shape index (κ3) is 6.74. The molecular formula is C40H45N7O4. The largest absolute Gasteiger partial charge is 0.507 e. The molecule has 2 amide bonds. The SMILES string of the molecule is Nc1nnc(-c2ccccc2O)cc1-c1cc(C2CCN(C3CCC(c4cccc5c4OCCN5[C@H]4CCCC(=O)NC4=O)CC3)CC2)ccn1. The van der Waals surface area contributed by atoms with Gasteiger partial charge in [-0.05, 0) is 124 Å². The molecule has 11 heteroatoms. The van der Waals surface area contributed by atoms with E-state index in [0.29, 0.717) is 72.9 Å². The van der Waals surface area contributed by atoms with Crippen LogP contribution in [0.15, 0.2) is 66.9 Å². The highest BCUT2D eigenvalue weighted by Gasteiger charge is 2.36. The Kier molecular flexibility index (Phi) is 9.29. The number of aromatic hydroxyl groups is 1. The molecule has 3 aliphatic heterocycles. The van der Waals surface area contributed by atoms with Gasteiger partial charge in [-0.25, -0.2) is 0 Å². The number of nitrogens with zero attached hydrogens (tertiary/aromatic N) is 5. The van der Waals surface area contributed by atoms with E-state index in [0.717, 1.165) is 68.7 Å². The number of benzene rings is 2. The molecule has 2 aromatic carbocycles. The van der Waals surface area contributed by atoms with Gasteiger partial charge in [0.15, 0.2) is 5.82 Å². The number of pyridine rings is 1. The summed E-state index contributed by atoms with van der Waals surface area (Å²) in [7, 11) is 0. The summed E-state index contributed by atoms with van der Waals surface area (Å²) in [5.74, 6) is 1.88. The number of likely N-dealkylation sites (tertiary alicyclic amines) is 1. The van der Waals surface area contributed by atoms with Gasteiger partial charge in [0, 0.05) is 29.8 Å². The zero-order valence-electron chi connectivity index (χ0n) is 28.8. The Hall–Kier alpha value is -5.03. The first kappa shape index (κ1) is 33.1. The van der Waals surface area contributed by atoms with Gasteiger partial charge in [-0.2, -0.15) is 0 Å². The molecular weight excluding hydrogens is 642 g/mol. The highest BCUT2D eigenvalue weighted by molar-refractivity contribution is 6.00. The summed E-state index contributed by atoms with van der Waals surface area (Å²) in [4.78, 5) is 34.4. The topological polar surface area (TPSA) is 147 Å². The van der Waals surface area contributed by atoms with Crippen LogP contribution in [0.3, 0.4) is 0 Å². The van der Waals surface area contributed by atoms with Crippen molar-refractivity contribution < 1.29 is 19.4 Å². The Balaban J connectivity index is 0.898. The fourth-order valence-corrected chi connectivity index (χ4v) is 8.73. The van der Waals surface area contributed by atoms with E-state index in [4.69, 9.17) is 10.5 Å². The van der Waals surface area contributed by atoms with Crippen LogP contribution in [-0.4, -0.2) is 75.3 Å². The van der Waals surface area contributed by atoms with Crippen LogP contribution in [0.1, 0.15) is 80.8 Å². The van der Waals surface area contributed by atoms with Crippen LogP contribution in [0.25, 0.3) is 22.5 Å². The second-order valence-corrected chi connectivity index (χ2v) is 14.4. The second-order valence-electron chi connectivity index (χ2n) is 14.4. The maximum atomic E-state index is 12.9. The number of phenolic OH excluding ortho intramolecular Hbond substituents is 1. The van der Waals surface area contributed by atoms with Crippen LogP contribution < -0.4 is 20.7 Å². The van der Waals surface area contributed by atoms with Gasteiger partial charge in [0.2, 0.25) is 11.8 Å². The van der Waals surface area contributed by atoms with Crippen molar-refractivity contribution in [1.29, 1.82) is 0 Å². The molecule has 3 fully saturated rings. The number of imide groups is 1. The van der Waals surface area contributed by atoms with Gasteiger partial charge in [-0.15, -0.1) is 10.2 Å². The lowest BCUT2D eigenvalue weighted by atomic mass is 9.79. The second kappa shape index (κ2) is 14.3. The number of carbonyl (C=O) groups is 2. The molecule has 2 saturated heterocycles. The Morgan fingerprint density at radius 2 is 1.65 bits per heavy atom. The predicted octanol–water partition coefficient (Wildman–Crippen LogP) is 5.79. The number of rotatable bonds is 6. The van der Waals surface area contributed by atoms with Gasteiger partial charge in [-0.1, -0.05) is 24.3 Å². The molecule has 0 unspecified atom stereocenters. The van der Waals surface area contributed by atoms with Gasteiger partial charge in [0.25, 0.3) is 0 Å². The highest BCUT2D eigenvalue weighted by atomic mass is 16.5. The molecule has 4 aromatic rings. The number of nitrogen functional groups attached to an aromatic ring is 1. The molecule has 4 aliphatic rings. The lowest BCUT2D eigenvalue weighted by Crippen LogP contribution is -2.50. The summed E-state index contributed by atoms with van der Waals surface area (Å²) in [6.07, 6.45) is 10.3. The average molecular weight is 688 g/mol. The lowest BCUT2D eigenvalue weighted by Gasteiger charge is -2.42. The van der Waals surface area contributed by atoms with Crippen LogP contribution in [0.2, 0.25) is 0 Å². The van der Waals surface area contributed by atoms with Crippen molar-refractivity contribution in [2.24, 2.45) is 0 Å². The summed E-state index contributed by atoms with van der Waals surface area (Å²) >= 11 is 0. The van der Waals surface area contributed by atoms with Crippen LogP contribution in [0.5, 0.6) is 11.5 Å². The molecule has 264 valence electrons. The summed E-state index contributed by atoms with van der Waals surface area (Å²) in [6.45, 7) is 3.32. The van der Waals surface area contributed by atoms with Crippen molar-refractivity contribution in [3.8, 4) is 34.0 Å². The summed E-state index contributed by atoms with van der Waals surface area (Å²) < 4.78 is 6.31. The van der Waals surface area contributed by atoms with Gasteiger partial charge >= 0.3 is 0 Å². The number of nitrogens with one attached hydrogen (secondary N) is 1. The Morgan fingerprint density at radius 1 is 0.824 bits per heavy atom. The fraction of sp³-hybridized carbons (Fsp3) is 0.425. The normalized spacial score (nSPS) is 23.2. The molecule has 2 aromatic heterocycles. The molecule has 0 radical (unpaired) electrons. The van der Waals surface area contributed by atoms with Crippen LogP contribution in [0.4, 0.5) is 11.5 Å². The monoisotopic (exact) mass is 687 g/mol. The number of fused-ring (bicyclic) bond motifs is 1. The molecule has 11 nitrogen and oxygen atoms in total. The first-order valence-electron chi connectivity index (χ1n) is 18.4. The summed E-state index contributed by atoms with van der Waals surface area (Å²) in [5.41, 5.74) is 12.4. The number of aromatic nitrogens is 3. The molecule has 8 rings (SSSR count). The van der Waals surface area contributed by atoms with E-state index in [-0.39, 0.29) is 23.6 Å². The van der Waals surface area contributed by atoms with Gasteiger partial charge in [0.1, 0.15) is 24.1 Å². The molecule has 51 heavy (non-hydrogen) atoms. The zero-order chi connectivity index (χ0) is 34.9. The minimum Gasteiger partial charge on any atom is -0.507 e. The maximum Gasteiger partial charge on any atom is 0.249 e. The maximum absolute atomic E-state index is 12.9. The van der Waals surface area contributed by atoms with Crippen LogP contribution in [-0.2, 0) is 9.59 Å². The quantitative estimate of drug-likeness (QED) is 0.213. The number of anilines is 2. The molecule has 0 spiro atoms. The van der Waals surface area contributed by atoms with Crippen molar-refractivity contribution in [3.63, 3.8) is 0 Å². The number of carbonyl (C=O) groups excluding carboxylic acids is 2. The molecule has 1 atom stereocenters. The summed E-state index contributed by atoms with van der Waals surface area (Å²) in [5, 5.41) is 21.4. The van der Waals surface area contributed by atoms with Crippen molar-refractivity contribution in [2.45, 2.75) is 81.7 Å². The van der Waals surface area contributed by atoms with E-state index < -0.39 is 0 Å².